The lowest BCUT2D eigenvalue weighted by Gasteiger charge is -2.12. The van der Waals surface area contributed by atoms with Crippen molar-refractivity contribution >= 4 is 29.2 Å². The van der Waals surface area contributed by atoms with E-state index in [-0.39, 0.29) is 12.3 Å². The van der Waals surface area contributed by atoms with Crippen molar-refractivity contribution in [3.05, 3.63) is 51.5 Å². The van der Waals surface area contributed by atoms with E-state index in [0.717, 1.165) is 5.69 Å². The molecule has 3 N–H and O–H groups in total. The van der Waals surface area contributed by atoms with Gasteiger partial charge in [-0.05, 0) is 30.7 Å². The number of phenols is 1. The lowest BCUT2D eigenvalue weighted by atomic mass is 10.2. The molecule has 24 heavy (non-hydrogen) atoms. The largest absolute Gasteiger partial charge is 0.505 e. The maximum atomic E-state index is 13.3. The van der Waals surface area contributed by atoms with Gasteiger partial charge in [-0.15, -0.1) is 0 Å². The molecule has 1 aromatic heterocycles. The number of hydrogen-bond donors (Lipinski definition) is 3. The van der Waals surface area contributed by atoms with E-state index < -0.39 is 5.82 Å². The lowest BCUT2D eigenvalue weighted by Crippen LogP contribution is -2.37. The molecule has 0 saturated carbocycles. The summed E-state index contributed by atoms with van der Waals surface area (Å²) >= 11 is 12.0. The second-order valence-corrected chi connectivity index (χ2v) is 5.93. The van der Waals surface area contributed by atoms with Crippen molar-refractivity contribution in [2.24, 2.45) is 12.0 Å². The first-order valence-electron chi connectivity index (χ1n) is 7.41. The van der Waals surface area contributed by atoms with Crippen molar-refractivity contribution in [3.63, 3.8) is 0 Å². The summed E-state index contributed by atoms with van der Waals surface area (Å²) in [5.74, 6) is -0.446. The van der Waals surface area contributed by atoms with Crippen molar-refractivity contribution in [1.29, 1.82) is 0 Å². The molecule has 0 spiro atoms. The number of aromatic nitrogens is 1. The van der Waals surface area contributed by atoms with Crippen LogP contribution in [0.15, 0.2) is 29.3 Å². The quantitative estimate of drug-likeness (QED) is 0.556. The molecule has 0 aliphatic rings. The van der Waals surface area contributed by atoms with Gasteiger partial charge in [0.05, 0.1) is 18.1 Å². The number of rotatable bonds is 5. The Morgan fingerprint density at radius 1 is 1.29 bits per heavy atom. The van der Waals surface area contributed by atoms with E-state index in [0.29, 0.717) is 34.8 Å². The summed E-state index contributed by atoms with van der Waals surface area (Å²) in [4.78, 5) is 4.40. The highest BCUT2D eigenvalue weighted by Gasteiger charge is 2.09. The molecule has 0 aliphatic carbocycles. The molecule has 2 rings (SSSR count). The second-order valence-electron chi connectivity index (χ2n) is 5.17. The SMILES string of the molecule is CCNC(=NCc1ccc(O)c(F)c1)NCc1cc(Cl)c(Cl)n1C. The third kappa shape index (κ3) is 4.55. The molecule has 0 radical (unpaired) electrons. The lowest BCUT2D eigenvalue weighted by molar-refractivity contribution is 0.432. The Balaban J connectivity index is 2.04. The molecular formula is C16H19Cl2FN4O. The van der Waals surface area contributed by atoms with Crippen LogP contribution in [0.3, 0.4) is 0 Å². The minimum atomic E-state index is -0.659. The van der Waals surface area contributed by atoms with Crippen molar-refractivity contribution in [3.8, 4) is 5.75 Å². The van der Waals surface area contributed by atoms with Crippen LogP contribution in [-0.4, -0.2) is 22.2 Å². The summed E-state index contributed by atoms with van der Waals surface area (Å²) < 4.78 is 15.1. The molecular weight excluding hydrogens is 354 g/mol. The summed E-state index contributed by atoms with van der Waals surface area (Å²) in [5, 5.41) is 16.5. The van der Waals surface area contributed by atoms with E-state index in [1.54, 1.807) is 16.7 Å². The van der Waals surface area contributed by atoms with Crippen LogP contribution in [0, 0.1) is 5.82 Å². The van der Waals surface area contributed by atoms with Crippen molar-refractivity contribution in [2.75, 3.05) is 6.54 Å². The number of halogens is 3. The fourth-order valence-corrected chi connectivity index (χ4v) is 2.51. The van der Waals surface area contributed by atoms with E-state index in [9.17, 15) is 9.50 Å². The Morgan fingerprint density at radius 2 is 2.04 bits per heavy atom. The van der Waals surface area contributed by atoms with Gasteiger partial charge in [0.25, 0.3) is 0 Å². The summed E-state index contributed by atoms with van der Waals surface area (Å²) in [6.45, 7) is 3.40. The monoisotopic (exact) mass is 372 g/mol. The molecule has 0 aliphatic heterocycles. The first kappa shape index (κ1) is 18.4. The molecule has 1 aromatic carbocycles. The number of aliphatic imine (C=N–C) groups is 1. The highest BCUT2D eigenvalue weighted by Crippen LogP contribution is 2.24. The average molecular weight is 373 g/mol. The molecule has 130 valence electrons. The van der Waals surface area contributed by atoms with Gasteiger partial charge in [0.1, 0.15) is 5.15 Å². The van der Waals surface area contributed by atoms with E-state index >= 15 is 0 Å². The predicted molar refractivity (Wildman–Crippen MR) is 95.2 cm³/mol. The van der Waals surface area contributed by atoms with Gasteiger partial charge in [-0.2, -0.15) is 0 Å². The number of guanidine groups is 1. The van der Waals surface area contributed by atoms with Gasteiger partial charge >= 0.3 is 0 Å². The van der Waals surface area contributed by atoms with Gasteiger partial charge in [-0.3, -0.25) is 0 Å². The van der Waals surface area contributed by atoms with Crippen LogP contribution < -0.4 is 10.6 Å². The van der Waals surface area contributed by atoms with Gasteiger partial charge in [0.15, 0.2) is 17.5 Å². The number of nitrogens with zero attached hydrogens (tertiary/aromatic N) is 2. The van der Waals surface area contributed by atoms with Crippen LogP contribution in [0.1, 0.15) is 18.2 Å². The number of nitrogens with one attached hydrogen (secondary N) is 2. The van der Waals surface area contributed by atoms with E-state index in [1.165, 1.54) is 12.1 Å². The van der Waals surface area contributed by atoms with Gasteiger partial charge in [-0.1, -0.05) is 29.3 Å². The fraction of sp³-hybridized carbons (Fsp3) is 0.312. The Labute approximate surface area is 150 Å². The summed E-state index contributed by atoms with van der Waals surface area (Å²) in [6, 6.07) is 5.99. The second kappa shape index (κ2) is 8.26. The molecule has 0 unspecified atom stereocenters. The summed E-state index contributed by atoms with van der Waals surface area (Å²) in [5.41, 5.74) is 1.57. The number of aromatic hydroxyl groups is 1. The third-order valence-electron chi connectivity index (χ3n) is 3.43. The first-order chi connectivity index (χ1) is 11.4. The van der Waals surface area contributed by atoms with Crippen molar-refractivity contribution in [2.45, 2.75) is 20.0 Å². The molecule has 0 atom stereocenters. The van der Waals surface area contributed by atoms with Crippen molar-refractivity contribution < 1.29 is 9.50 Å². The minimum absolute atomic E-state index is 0.279. The van der Waals surface area contributed by atoms with E-state index in [1.807, 2.05) is 14.0 Å². The van der Waals surface area contributed by atoms with Crippen LogP contribution in [0.5, 0.6) is 5.75 Å². The zero-order valence-corrected chi connectivity index (χ0v) is 14.9. The maximum Gasteiger partial charge on any atom is 0.191 e. The van der Waals surface area contributed by atoms with Gasteiger partial charge in [0.2, 0.25) is 0 Å². The number of phenolic OH excluding ortho intramolecular Hbond substituents is 1. The summed E-state index contributed by atoms with van der Waals surface area (Å²) in [7, 11) is 1.83. The van der Waals surface area contributed by atoms with Gasteiger partial charge in [-0.25, -0.2) is 9.38 Å². The number of hydrogen-bond acceptors (Lipinski definition) is 2. The van der Waals surface area contributed by atoms with Crippen molar-refractivity contribution in [1.82, 2.24) is 15.2 Å². The molecule has 0 saturated heterocycles. The van der Waals surface area contributed by atoms with Crippen LogP contribution >= 0.6 is 23.2 Å². The zero-order valence-electron chi connectivity index (χ0n) is 13.4. The molecule has 0 fully saturated rings. The molecule has 2 aromatic rings. The molecule has 0 bridgehead atoms. The molecule has 1 heterocycles. The standard InChI is InChI=1S/C16H19Cl2FN4O/c1-3-20-16(21-8-10-4-5-14(24)13(19)6-10)22-9-11-7-12(17)15(18)23(11)2/h4-7,24H,3,8-9H2,1-2H3,(H2,20,21,22). The molecule has 5 nitrogen and oxygen atoms in total. The van der Waals surface area contributed by atoms with Crippen LogP contribution in [0.4, 0.5) is 4.39 Å². The van der Waals surface area contributed by atoms with E-state index in [2.05, 4.69) is 15.6 Å². The van der Waals surface area contributed by atoms with Gasteiger partial charge in [0, 0.05) is 19.3 Å². The van der Waals surface area contributed by atoms with Crippen LogP contribution in [-0.2, 0) is 20.1 Å². The maximum absolute atomic E-state index is 13.3. The smallest absolute Gasteiger partial charge is 0.191 e. The Morgan fingerprint density at radius 3 is 2.62 bits per heavy atom. The normalized spacial score (nSPS) is 11.6. The summed E-state index contributed by atoms with van der Waals surface area (Å²) in [6.07, 6.45) is 0. The zero-order chi connectivity index (χ0) is 17.7. The predicted octanol–water partition coefficient (Wildman–Crippen LogP) is 3.43. The third-order valence-corrected chi connectivity index (χ3v) is 4.27. The highest BCUT2D eigenvalue weighted by atomic mass is 35.5. The Bertz CT molecular complexity index is 746. The van der Waals surface area contributed by atoms with Crippen LogP contribution in [0.25, 0.3) is 0 Å². The Kier molecular flexibility index (Phi) is 6.34. The first-order valence-corrected chi connectivity index (χ1v) is 8.17. The molecule has 0 amide bonds. The Hall–Kier alpha value is -1.92. The topological polar surface area (TPSA) is 61.6 Å². The fourth-order valence-electron chi connectivity index (χ4n) is 2.09. The minimum Gasteiger partial charge on any atom is -0.505 e. The van der Waals surface area contributed by atoms with Gasteiger partial charge < -0.3 is 20.3 Å². The highest BCUT2D eigenvalue weighted by molar-refractivity contribution is 6.41. The average Bonchev–Trinajstić information content (AvgIpc) is 2.80. The molecule has 8 heteroatoms. The van der Waals surface area contributed by atoms with Crippen LogP contribution in [0.2, 0.25) is 10.2 Å². The number of benzene rings is 1. The van der Waals surface area contributed by atoms with E-state index in [4.69, 9.17) is 23.2 Å².